The summed E-state index contributed by atoms with van der Waals surface area (Å²) in [5.41, 5.74) is 1.61. The largest absolute Gasteiger partial charge is 0.464 e. The number of nitrogens with zero attached hydrogens (tertiary/aromatic N) is 4. The number of furan rings is 1. The van der Waals surface area contributed by atoms with E-state index in [-0.39, 0.29) is 11.8 Å². The Morgan fingerprint density at radius 2 is 2.20 bits per heavy atom. The summed E-state index contributed by atoms with van der Waals surface area (Å²) in [6.07, 6.45) is 8.63. The number of anilines is 2. The third kappa shape index (κ3) is 3.09. The van der Waals surface area contributed by atoms with Crippen molar-refractivity contribution in [3.05, 3.63) is 37.0 Å². The highest BCUT2D eigenvalue weighted by Crippen LogP contribution is 2.29. The number of nitrogens with one attached hydrogen (secondary N) is 1. The number of aryl methyl sites for hydroxylation is 1. The first kappa shape index (κ1) is 15.7. The van der Waals surface area contributed by atoms with Crippen LogP contribution in [0.1, 0.15) is 19.8 Å². The van der Waals surface area contributed by atoms with Gasteiger partial charge in [-0.1, -0.05) is 0 Å². The van der Waals surface area contributed by atoms with E-state index in [0.717, 1.165) is 55.0 Å². The lowest BCUT2D eigenvalue weighted by molar-refractivity contribution is -0.120. The van der Waals surface area contributed by atoms with Crippen LogP contribution in [-0.2, 0) is 11.3 Å². The van der Waals surface area contributed by atoms with Crippen molar-refractivity contribution in [2.24, 2.45) is 5.92 Å². The maximum Gasteiger partial charge on any atom is 0.227 e. The van der Waals surface area contributed by atoms with Crippen molar-refractivity contribution in [1.82, 2.24) is 14.8 Å². The van der Waals surface area contributed by atoms with Crippen molar-refractivity contribution < 1.29 is 9.21 Å². The molecule has 4 rings (SSSR count). The molecule has 3 aromatic heterocycles. The van der Waals surface area contributed by atoms with Crippen molar-refractivity contribution in [3.63, 3.8) is 0 Å². The average Bonchev–Trinajstić information content (AvgIpc) is 3.30. The molecule has 1 N–H and O–H groups in total. The summed E-state index contributed by atoms with van der Waals surface area (Å²) in [5, 5.41) is 8.19. The summed E-state index contributed by atoms with van der Waals surface area (Å²) >= 11 is 0. The number of piperidine rings is 1. The van der Waals surface area contributed by atoms with Gasteiger partial charge in [0.1, 0.15) is 11.4 Å². The van der Waals surface area contributed by atoms with E-state index in [0.29, 0.717) is 0 Å². The molecule has 0 bridgehead atoms. The lowest BCUT2D eigenvalue weighted by Gasteiger charge is -2.32. The SMILES string of the molecule is CCn1cc(NC(=O)C2CCN(c3nccc4occc34)CC2)cn1. The molecule has 1 saturated heterocycles. The van der Waals surface area contributed by atoms with Crippen molar-refractivity contribution in [3.8, 4) is 0 Å². The van der Waals surface area contributed by atoms with E-state index in [1.807, 2.05) is 25.3 Å². The molecule has 1 fully saturated rings. The average molecular weight is 339 g/mol. The van der Waals surface area contributed by atoms with E-state index in [2.05, 4.69) is 20.3 Å². The number of hydrogen-bond donors (Lipinski definition) is 1. The number of hydrogen-bond acceptors (Lipinski definition) is 5. The number of pyridine rings is 1. The van der Waals surface area contributed by atoms with Gasteiger partial charge < -0.3 is 14.6 Å². The Kier molecular flexibility index (Phi) is 4.13. The van der Waals surface area contributed by atoms with E-state index >= 15 is 0 Å². The lowest BCUT2D eigenvalue weighted by Crippen LogP contribution is -2.38. The van der Waals surface area contributed by atoms with Crippen molar-refractivity contribution in [1.29, 1.82) is 0 Å². The minimum Gasteiger partial charge on any atom is -0.464 e. The van der Waals surface area contributed by atoms with Crippen molar-refractivity contribution >= 4 is 28.4 Å². The Balaban J connectivity index is 1.39. The quantitative estimate of drug-likeness (QED) is 0.791. The summed E-state index contributed by atoms with van der Waals surface area (Å²) in [6, 6.07) is 3.82. The Morgan fingerprint density at radius 3 is 2.96 bits per heavy atom. The van der Waals surface area contributed by atoms with Gasteiger partial charge >= 0.3 is 0 Å². The molecule has 0 aliphatic carbocycles. The Bertz CT molecular complexity index is 876. The van der Waals surface area contributed by atoms with Crippen molar-refractivity contribution in [2.75, 3.05) is 23.3 Å². The molecule has 0 radical (unpaired) electrons. The second-order valence-corrected chi connectivity index (χ2v) is 6.30. The highest BCUT2D eigenvalue weighted by Gasteiger charge is 2.26. The number of rotatable bonds is 4. The first-order valence-corrected chi connectivity index (χ1v) is 8.65. The van der Waals surface area contributed by atoms with E-state index in [9.17, 15) is 4.79 Å². The van der Waals surface area contributed by atoms with E-state index in [4.69, 9.17) is 4.42 Å². The molecule has 1 amide bonds. The minimum absolute atomic E-state index is 0.0183. The Hall–Kier alpha value is -2.83. The molecule has 3 aromatic rings. The predicted molar refractivity (Wildman–Crippen MR) is 95.5 cm³/mol. The van der Waals surface area contributed by atoms with Gasteiger partial charge in [-0.05, 0) is 31.9 Å². The molecule has 0 atom stereocenters. The van der Waals surface area contributed by atoms with E-state index < -0.39 is 0 Å². The van der Waals surface area contributed by atoms with E-state index in [1.54, 1.807) is 23.3 Å². The molecule has 0 aromatic carbocycles. The van der Waals surface area contributed by atoms with Crippen molar-refractivity contribution in [2.45, 2.75) is 26.3 Å². The smallest absolute Gasteiger partial charge is 0.227 e. The molecule has 0 saturated carbocycles. The highest BCUT2D eigenvalue weighted by atomic mass is 16.3. The van der Waals surface area contributed by atoms with Gasteiger partial charge in [-0.2, -0.15) is 5.10 Å². The number of fused-ring (bicyclic) bond motifs is 1. The minimum atomic E-state index is 0.0183. The van der Waals surface area contributed by atoms with Gasteiger partial charge in [0.05, 0.1) is 23.5 Å². The fourth-order valence-corrected chi connectivity index (χ4v) is 3.33. The number of aromatic nitrogens is 3. The fraction of sp³-hybridized carbons (Fsp3) is 0.389. The molecule has 7 nitrogen and oxygen atoms in total. The zero-order valence-electron chi connectivity index (χ0n) is 14.2. The summed E-state index contributed by atoms with van der Waals surface area (Å²) in [6.45, 7) is 4.43. The van der Waals surface area contributed by atoms with Gasteiger partial charge in [0, 0.05) is 37.9 Å². The number of amides is 1. The molecule has 4 heterocycles. The molecule has 25 heavy (non-hydrogen) atoms. The standard InChI is InChI=1S/C18H21N5O2/c1-2-23-12-14(11-20-23)21-18(24)13-4-8-22(9-5-13)17-15-6-10-25-16(15)3-7-19-17/h3,6-7,10-13H,2,4-5,8-9H2,1H3,(H,21,24). The van der Waals surface area contributed by atoms with Crippen LogP contribution in [0.2, 0.25) is 0 Å². The monoisotopic (exact) mass is 339 g/mol. The molecule has 130 valence electrons. The topological polar surface area (TPSA) is 76.2 Å². The third-order valence-corrected chi connectivity index (χ3v) is 4.75. The molecular weight excluding hydrogens is 318 g/mol. The summed E-state index contributed by atoms with van der Waals surface area (Å²) in [7, 11) is 0. The fourth-order valence-electron chi connectivity index (χ4n) is 3.33. The zero-order chi connectivity index (χ0) is 17.2. The molecule has 1 aliphatic rings. The first-order valence-electron chi connectivity index (χ1n) is 8.65. The Morgan fingerprint density at radius 1 is 1.36 bits per heavy atom. The van der Waals surface area contributed by atoms with Gasteiger partial charge in [0.15, 0.2) is 0 Å². The van der Waals surface area contributed by atoms with Crippen LogP contribution in [0.5, 0.6) is 0 Å². The van der Waals surface area contributed by atoms with Gasteiger partial charge in [-0.15, -0.1) is 0 Å². The third-order valence-electron chi connectivity index (χ3n) is 4.75. The molecule has 1 aliphatic heterocycles. The predicted octanol–water partition coefficient (Wildman–Crippen LogP) is 2.90. The summed E-state index contributed by atoms with van der Waals surface area (Å²) < 4.78 is 7.25. The number of carbonyl (C=O) groups is 1. The van der Waals surface area contributed by atoms with Gasteiger partial charge in [-0.25, -0.2) is 4.98 Å². The molecule has 0 spiro atoms. The van der Waals surface area contributed by atoms with Crippen LogP contribution < -0.4 is 10.2 Å². The van der Waals surface area contributed by atoms with Crippen LogP contribution in [0, 0.1) is 5.92 Å². The highest BCUT2D eigenvalue weighted by molar-refractivity contribution is 5.93. The van der Waals surface area contributed by atoms with Crippen LogP contribution in [0.25, 0.3) is 11.0 Å². The first-order chi connectivity index (χ1) is 12.2. The summed E-state index contributed by atoms with van der Waals surface area (Å²) in [5.74, 6) is 1.03. The normalized spacial score (nSPS) is 15.6. The maximum atomic E-state index is 12.5. The van der Waals surface area contributed by atoms with Gasteiger partial charge in [0.25, 0.3) is 0 Å². The van der Waals surface area contributed by atoms with Crippen LogP contribution >= 0.6 is 0 Å². The lowest BCUT2D eigenvalue weighted by atomic mass is 9.95. The van der Waals surface area contributed by atoms with E-state index in [1.165, 1.54) is 0 Å². The second kappa shape index (κ2) is 6.58. The van der Waals surface area contributed by atoms with Gasteiger partial charge in [-0.3, -0.25) is 9.48 Å². The maximum absolute atomic E-state index is 12.5. The molecule has 7 heteroatoms. The number of carbonyl (C=O) groups excluding carboxylic acids is 1. The van der Waals surface area contributed by atoms with Crippen LogP contribution in [0.4, 0.5) is 11.5 Å². The summed E-state index contributed by atoms with van der Waals surface area (Å²) in [4.78, 5) is 19.2. The zero-order valence-corrected chi connectivity index (χ0v) is 14.2. The van der Waals surface area contributed by atoms with Crippen LogP contribution in [0.15, 0.2) is 41.4 Å². The molecule has 0 unspecified atom stereocenters. The molecular formula is C18H21N5O2. The second-order valence-electron chi connectivity index (χ2n) is 6.30. The Labute approximate surface area is 145 Å². The van der Waals surface area contributed by atoms with Crippen LogP contribution in [-0.4, -0.2) is 33.8 Å². The van der Waals surface area contributed by atoms with Gasteiger partial charge in [0.2, 0.25) is 5.91 Å². The van der Waals surface area contributed by atoms with Crippen LogP contribution in [0.3, 0.4) is 0 Å².